The number of fused-ring (bicyclic) bond motifs is 3. The number of hydrogen-bond acceptors (Lipinski definition) is 5. The number of hydrogen-bond donors (Lipinski definition) is 2. The van der Waals surface area contributed by atoms with Crippen LogP contribution in [0.5, 0.6) is 0 Å². The summed E-state index contributed by atoms with van der Waals surface area (Å²) in [6.45, 7) is -2.44. The van der Waals surface area contributed by atoms with Crippen molar-refractivity contribution >= 4 is 46.8 Å². The Balaban J connectivity index is 0.00000384. The predicted molar refractivity (Wildman–Crippen MR) is 163 cm³/mol. The van der Waals surface area contributed by atoms with Crippen molar-refractivity contribution in [3.63, 3.8) is 0 Å². The van der Waals surface area contributed by atoms with Gasteiger partial charge in [0.05, 0.1) is 5.52 Å². The van der Waals surface area contributed by atoms with Crippen LogP contribution in [-0.2, 0) is 20.1 Å². The highest BCUT2D eigenvalue weighted by atomic mass is 35.5. The molecular weight excluding hydrogens is 597 g/mol. The Morgan fingerprint density at radius 2 is 1.70 bits per heavy atom. The summed E-state index contributed by atoms with van der Waals surface area (Å²) in [6, 6.07) is 5.36. The molecule has 6 rings (SSSR count). The number of ether oxygens (including phenoxy) is 1. The van der Waals surface area contributed by atoms with Crippen LogP contribution in [0.1, 0.15) is 74.7 Å². The Hall–Kier alpha value is -2.79. The summed E-state index contributed by atoms with van der Waals surface area (Å²) in [7, 11) is 0. The molecule has 2 amide bonds. The number of aromatic nitrogens is 1. The summed E-state index contributed by atoms with van der Waals surface area (Å²) in [5.41, 5.74) is 4.87. The van der Waals surface area contributed by atoms with Crippen LogP contribution in [0, 0.1) is 23.7 Å². The summed E-state index contributed by atoms with van der Waals surface area (Å²) in [4.78, 5) is 42.1. The minimum Gasteiger partial charge on any atom is -0.428 e. The molecule has 2 aliphatic heterocycles. The lowest BCUT2D eigenvalue weighted by Gasteiger charge is -2.36. The maximum atomic E-state index is 14.0. The molecule has 1 saturated heterocycles. The van der Waals surface area contributed by atoms with Gasteiger partial charge < -0.3 is 20.7 Å². The van der Waals surface area contributed by atoms with Gasteiger partial charge in [0.25, 0.3) is 0 Å². The number of esters is 1. The molecule has 2 saturated carbocycles. The van der Waals surface area contributed by atoms with Crippen molar-refractivity contribution in [1.29, 1.82) is 0 Å². The van der Waals surface area contributed by atoms with E-state index in [-0.39, 0.29) is 47.7 Å². The van der Waals surface area contributed by atoms with E-state index >= 15 is 0 Å². The molecular formula is C32H42ClF3N4O4. The summed E-state index contributed by atoms with van der Waals surface area (Å²) in [6.07, 6.45) is 9.02. The first-order chi connectivity index (χ1) is 20.8. The maximum Gasteiger partial charge on any atom is 0.357 e. The summed E-state index contributed by atoms with van der Waals surface area (Å²) < 4.78 is 47.2. The van der Waals surface area contributed by atoms with Gasteiger partial charge in [-0.15, -0.1) is 12.4 Å². The Labute approximate surface area is 261 Å². The van der Waals surface area contributed by atoms with Gasteiger partial charge in [-0.2, -0.15) is 0 Å². The number of cyclic esters (lactones) is 1. The van der Waals surface area contributed by atoms with Crippen LogP contribution in [0.2, 0.25) is 0 Å². The van der Waals surface area contributed by atoms with Crippen molar-refractivity contribution in [1.82, 2.24) is 9.47 Å². The lowest BCUT2D eigenvalue weighted by molar-refractivity contribution is -0.142. The number of carbonyl (C=O) groups excluding carboxylic acids is 3. The molecule has 3 fully saturated rings. The third-order valence-corrected chi connectivity index (χ3v) is 10.5. The minimum absolute atomic E-state index is 0. The first kappa shape index (κ1) is 32.6. The van der Waals surface area contributed by atoms with E-state index in [1.165, 1.54) is 17.1 Å². The number of carbonyl (C=O) groups is 3. The van der Waals surface area contributed by atoms with E-state index in [2.05, 4.69) is 5.32 Å². The van der Waals surface area contributed by atoms with E-state index in [0.29, 0.717) is 54.7 Å². The standard InChI is InChI=1S/C32H41F3N4O4.ClH/c33-16-25(36)20-6-8-21(9-7-20)30(41)38-13-12-24(19-4-2-1-3-5-19)28(38)29(40)37-23-10-11-26-22(14-23)15-27-31(42)43-32(17-34,18-35)39(26)27;/h10-11,14-15,19-21,24-25,28H,1-9,12-13,16-18,36H2,(H,37,40);1H/t20?,21?,24-,25+,28-;/m0./s1. The number of nitrogens with two attached hydrogens (primary N) is 1. The van der Waals surface area contributed by atoms with E-state index in [0.717, 1.165) is 32.1 Å². The Kier molecular flexibility index (Phi) is 9.84. The van der Waals surface area contributed by atoms with Crippen molar-refractivity contribution in [3.05, 3.63) is 30.0 Å². The normalized spacial score (nSPS) is 27.5. The third kappa shape index (κ3) is 5.70. The third-order valence-electron chi connectivity index (χ3n) is 10.5. The summed E-state index contributed by atoms with van der Waals surface area (Å²) in [5, 5.41) is 3.57. The smallest absolute Gasteiger partial charge is 0.357 e. The zero-order valence-electron chi connectivity index (χ0n) is 24.8. The lowest BCUT2D eigenvalue weighted by Crippen LogP contribution is -2.50. The Morgan fingerprint density at radius 1 is 1.00 bits per heavy atom. The van der Waals surface area contributed by atoms with Crippen molar-refractivity contribution in [2.75, 3.05) is 31.9 Å². The highest BCUT2D eigenvalue weighted by molar-refractivity contribution is 6.02. The molecule has 242 valence electrons. The van der Waals surface area contributed by atoms with E-state index in [1.54, 1.807) is 23.1 Å². The van der Waals surface area contributed by atoms with E-state index in [9.17, 15) is 27.6 Å². The minimum atomic E-state index is -2.02. The molecule has 2 aliphatic carbocycles. The van der Waals surface area contributed by atoms with E-state index < -0.39 is 43.8 Å². The second kappa shape index (κ2) is 13.3. The first-order valence-electron chi connectivity index (χ1n) is 15.7. The monoisotopic (exact) mass is 638 g/mol. The number of likely N-dealkylation sites (tertiary alicyclic amines) is 1. The molecule has 2 aromatic rings. The van der Waals surface area contributed by atoms with Gasteiger partial charge in [0.15, 0.2) is 13.3 Å². The molecule has 3 N–H and O–H groups in total. The molecule has 0 spiro atoms. The lowest BCUT2D eigenvalue weighted by atomic mass is 9.76. The summed E-state index contributed by atoms with van der Waals surface area (Å²) in [5.74, 6) is -0.735. The van der Waals surface area contributed by atoms with Crippen LogP contribution in [0.25, 0.3) is 10.9 Å². The molecule has 3 heterocycles. The first-order valence-corrected chi connectivity index (χ1v) is 15.7. The fourth-order valence-electron chi connectivity index (χ4n) is 8.19. The van der Waals surface area contributed by atoms with Gasteiger partial charge in [-0.1, -0.05) is 32.1 Å². The SMILES string of the molecule is Cl.N[C@H](CF)C1CCC(C(=O)N2CC[C@@H](C3CCCCC3)[C@H]2C(=O)Nc2ccc3c(c2)cc2n3C(CF)(CF)OC2=O)CC1. The molecule has 8 nitrogen and oxygen atoms in total. The molecule has 44 heavy (non-hydrogen) atoms. The van der Waals surface area contributed by atoms with Crippen LogP contribution >= 0.6 is 12.4 Å². The number of halogens is 4. The molecule has 0 bridgehead atoms. The van der Waals surface area contributed by atoms with Gasteiger partial charge in [-0.3, -0.25) is 14.2 Å². The van der Waals surface area contributed by atoms with Crippen molar-refractivity contribution in [2.45, 2.75) is 82.0 Å². The van der Waals surface area contributed by atoms with Gasteiger partial charge in [-0.25, -0.2) is 18.0 Å². The van der Waals surface area contributed by atoms with Gasteiger partial charge in [-0.05, 0) is 74.1 Å². The van der Waals surface area contributed by atoms with Gasteiger partial charge in [0, 0.05) is 29.6 Å². The number of nitrogens with one attached hydrogen (secondary N) is 1. The van der Waals surface area contributed by atoms with Crippen LogP contribution in [-0.4, -0.2) is 65.9 Å². The average Bonchev–Trinajstić information content (AvgIpc) is 3.73. The topological polar surface area (TPSA) is 107 Å². The number of anilines is 1. The molecule has 1 aromatic heterocycles. The Morgan fingerprint density at radius 3 is 2.36 bits per heavy atom. The van der Waals surface area contributed by atoms with Gasteiger partial charge in [0.2, 0.25) is 17.5 Å². The number of alkyl halides is 3. The van der Waals surface area contributed by atoms with Crippen LogP contribution in [0.3, 0.4) is 0 Å². The highest BCUT2D eigenvalue weighted by Crippen LogP contribution is 2.42. The predicted octanol–water partition coefficient (Wildman–Crippen LogP) is 5.66. The second-order valence-corrected chi connectivity index (χ2v) is 13.0. The zero-order chi connectivity index (χ0) is 30.3. The van der Waals surface area contributed by atoms with E-state index in [1.807, 2.05) is 0 Å². The highest BCUT2D eigenvalue weighted by Gasteiger charge is 2.48. The molecule has 3 atom stereocenters. The van der Waals surface area contributed by atoms with Gasteiger partial charge in [0.1, 0.15) is 18.4 Å². The van der Waals surface area contributed by atoms with Crippen molar-refractivity contribution in [2.24, 2.45) is 29.4 Å². The number of nitrogens with zero attached hydrogens (tertiary/aromatic N) is 2. The number of benzene rings is 1. The second-order valence-electron chi connectivity index (χ2n) is 13.0. The number of amides is 2. The molecule has 0 unspecified atom stereocenters. The molecule has 1 aromatic carbocycles. The fraction of sp³-hybridized carbons (Fsp3) is 0.656. The molecule has 12 heteroatoms. The fourth-order valence-corrected chi connectivity index (χ4v) is 8.19. The van der Waals surface area contributed by atoms with Crippen LogP contribution < -0.4 is 11.1 Å². The zero-order valence-corrected chi connectivity index (χ0v) is 25.6. The largest absolute Gasteiger partial charge is 0.428 e. The average molecular weight is 639 g/mol. The van der Waals surface area contributed by atoms with E-state index in [4.69, 9.17) is 10.5 Å². The summed E-state index contributed by atoms with van der Waals surface area (Å²) >= 11 is 0. The molecule has 4 aliphatic rings. The van der Waals surface area contributed by atoms with Crippen LogP contribution in [0.15, 0.2) is 24.3 Å². The van der Waals surface area contributed by atoms with Crippen LogP contribution in [0.4, 0.5) is 18.9 Å². The van der Waals surface area contributed by atoms with Crippen molar-refractivity contribution in [3.8, 4) is 0 Å². The number of rotatable bonds is 8. The van der Waals surface area contributed by atoms with Crippen molar-refractivity contribution < 1.29 is 32.3 Å². The van der Waals surface area contributed by atoms with Gasteiger partial charge >= 0.3 is 5.97 Å². The molecule has 0 radical (unpaired) electrons. The maximum absolute atomic E-state index is 14.0. The quantitative estimate of drug-likeness (QED) is 0.363. The Bertz CT molecular complexity index is 1370.